The van der Waals surface area contributed by atoms with E-state index in [1.54, 1.807) is 18.2 Å². The van der Waals surface area contributed by atoms with Gasteiger partial charge in [0.2, 0.25) is 6.79 Å². The predicted octanol–water partition coefficient (Wildman–Crippen LogP) is 2.23. The van der Waals surface area contributed by atoms with E-state index in [1.165, 1.54) is 0 Å². The van der Waals surface area contributed by atoms with Crippen molar-refractivity contribution < 1.29 is 24.6 Å². The molecule has 24 heavy (non-hydrogen) atoms. The third kappa shape index (κ3) is 4.45. The molecule has 0 amide bonds. The van der Waals surface area contributed by atoms with Gasteiger partial charge < -0.3 is 24.6 Å². The number of ether oxygens (including phenoxy) is 3. The standard InChI is InChI=1S/C17H17Cl2NO4/c18-14-3-2-13(6-15(14)19)22-9-12(21)8-20-7-11-1-4-16-17(5-11)24-10-23-16/h1-6,12,20-21H,7-10H2/p+1/t12-/m0/s1. The van der Waals surface area contributed by atoms with Gasteiger partial charge in [-0.05, 0) is 30.3 Å². The Morgan fingerprint density at radius 2 is 1.92 bits per heavy atom. The maximum Gasteiger partial charge on any atom is 0.231 e. The van der Waals surface area contributed by atoms with Gasteiger partial charge in [-0.15, -0.1) is 0 Å². The summed E-state index contributed by atoms with van der Waals surface area (Å²) in [6.45, 7) is 1.72. The molecule has 7 heteroatoms. The number of quaternary nitrogens is 1. The summed E-state index contributed by atoms with van der Waals surface area (Å²) < 4.78 is 16.1. The van der Waals surface area contributed by atoms with Crippen molar-refractivity contribution in [3.05, 3.63) is 52.0 Å². The zero-order valence-electron chi connectivity index (χ0n) is 12.9. The lowest BCUT2D eigenvalue weighted by Crippen LogP contribution is -2.85. The number of benzene rings is 2. The third-order valence-corrected chi connectivity index (χ3v) is 4.33. The average Bonchev–Trinajstić information content (AvgIpc) is 3.04. The molecule has 0 saturated heterocycles. The van der Waals surface area contributed by atoms with Crippen LogP contribution in [0.5, 0.6) is 17.2 Å². The van der Waals surface area contributed by atoms with Crippen molar-refractivity contribution in [3.8, 4) is 17.2 Å². The Kier molecular flexibility index (Phi) is 5.68. The number of hydrogen-bond acceptors (Lipinski definition) is 4. The number of fused-ring (bicyclic) bond motifs is 1. The van der Waals surface area contributed by atoms with Crippen molar-refractivity contribution >= 4 is 23.2 Å². The van der Waals surface area contributed by atoms with Crippen LogP contribution in [0.15, 0.2) is 36.4 Å². The molecule has 2 aromatic rings. The molecule has 5 nitrogen and oxygen atoms in total. The third-order valence-electron chi connectivity index (χ3n) is 3.59. The number of aliphatic hydroxyl groups is 1. The normalized spacial score (nSPS) is 13.8. The topological polar surface area (TPSA) is 64.5 Å². The Balaban J connectivity index is 1.41. The predicted molar refractivity (Wildman–Crippen MR) is 91.0 cm³/mol. The van der Waals surface area contributed by atoms with Crippen LogP contribution in [0.25, 0.3) is 0 Å². The molecule has 1 aliphatic rings. The minimum absolute atomic E-state index is 0.190. The van der Waals surface area contributed by atoms with Crippen LogP contribution in [0.2, 0.25) is 10.0 Å². The largest absolute Gasteiger partial charge is 0.491 e. The molecule has 0 fully saturated rings. The van der Waals surface area contributed by atoms with Crippen molar-refractivity contribution in [3.63, 3.8) is 0 Å². The van der Waals surface area contributed by atoms with E-state index in [0.29, 0.717) is 22.3 Å². The Hall–Kier alpha value is -1.66. The van der Waals surface area contributed by atoms with Crippen LogP contribution in [0.4, 0.5) is 0 Å². The monoisotopic (exact) mass is 370 g/mol. The van der Waals surface area contributed by atoms with Gasteiger partial charge in [0.1, 0.15) is 31.5 Å². The number of aliphatic hydroxyl groups excluding tert-OH is 1. The molecule has 0 spiro atoms. The molecule has 0 bridgehead atoms. The SMILES string of the molecule is O[C@@H](C[NH2+]Cc1ccc2c(c1)OCO2)COc1ccc(Cl)c(Cl)c1. The van der Waals surface area contributed by atoms with Crippen LogP contribution in [-0.4, -0.2) is 31.2 Å². The number of nitrogens with two attached hydrogens (primary N) is 1. The molecule has 0 aliphatic carbocycles. The lowest BCUT2D eigenvalue weighted by molar-refractivity contribution is -0.676. The van der Waals surface area contributed by atoms with Crippen molar-refractivity contribution in [2.24, 2.45) is 0 Å². The number of rotatable bonds is 7. The Labute approximate surface area is 150 Å². The minimum Gasteiger partial charge on any atom is -0.491 e. The summed E-state index contributed by atoms with van der Waals surface area (Å²) >= 11 is 11.8. The summed E-state index contributed by atoms with van der Waals surface area (Å²) in [5, 5.41) is 12.9. The van der Waals surface area contributed by atoms with Gasteiger partial charge in [-0.2, -0.15) is 0 Å². The zero-order chi connectivity index (χ0) is 16.9. The second-order valence-corrected chi connectivity index (χ2v) is 6.27. The first-order valence-corrected chi connectivity index (χ1v) is 8.33. The fraction of sp³-hybridized carbons (Fsp3) is 0.294. The van der Waals surface area contributed by atoms with Gasteiger partial charge in [0.15, 0.2) is 11.5 Å². The summed E-state index contributed by atoms with van der Waals surface area (Å²) in [4.78, 5) is 0. The highest BCUT2D eigenvalue weighted by Gasteiger charge is 2.14. The van der Waals surface area contributed by atoms with Crippen LogP contribution in [0.1, 0.15) is 5.56 Å². The molecular formula is C17H18Cl2NO4+. The summed E-state index contributed by atoms with van der Waals surface area (Å²) in [6.07, 6.45) is -0.589. The van der Waals surface area contributed by atoms with Gasteiger partial charge in [0.05, 0.1) is 10.0 Å². The van der Waals surface area contributed by atoms with E-state index in [2.05, 4.69) is 0 Å². The summed E-state index contributed by atoms with van der Waals surface area (Å²) in [5.74, 6) is 2.12. The first-order chi connectivity index (χ1) is 11.6. The van der Waals surface area contributed by atoms with Gasteiger partial charge in [-0.3, -0.25) is 0 Å². The first-order valence-electron chi connectivity index (χ1n) is 7.58. The van der Waals surface area contributed by atoms with Crippen LogP contribution in [0, 0.1) is 0 Å². The summed E-state index contributed by atoms with van der Waals surface area (Å²) in [6, 6.07) is 10.9. The van der Waals surface area contributed by atoms with Gasteiger partial charge in [-0.25, -0.2) is 0 Å². The molecule has 1 heterocycles. The lowest BCUT2D eigenvalue weighted by Gasteiger charge is -2.12. The Morgan fingerprint density at radius 1 is 1.08 bits per heavy atom. The van der Waals surface area contributed by atoms with Crippen LogP contribution in [-0.2, 0) is 6.54 Å². The molecule has 3 N–H and O–H groups in total. The van der Waals surface area contributed by atoms with E-state index in [0.717, 1.165) is 23.6 Å². The highest BCUT2D eigenvalue weighted by molar-refractivity contribution is 6.42. The number of halogens is 2. The molecule has 1 aliphatic heterocycles. The molecular weight excluding hydrogens is 353 g/mol. The average molecular weight is 371 g/mol. The van der Waals surface area contributed by atoms with Gasteiger partial charge in [0, 0.05) is 11.6 Å². The van der Waals surface area contributed by atoms with Crippen molar-refractivity contribution in [1.82, 2.24) is 0 Å². The molecule has 0 saturated carbocycles. The van der Waals surface area contributed by atoms with E-state index < -0.39 is 6.10 Å². The van der Waals surface area contributed by atoms with Crippen molar-refractivity contribution in [2.75, 3.05) is 19.9 Å². The van der Waals surface area contributed by atoms with Crippen molar-refractivity contribution in [2.45, 2.75) is 12.6 Å². The molecule has 128 valence electrons. The molecule has 1 atom stereocenters. The molecule has 0 unspecified atom stereocenters. The fourth-order valence-corrected chi connectivity index (χ4v) is 2.63. The molecule has 0 aromatic heterocycles. The van der Waals surface area contributed by atoms with Crippen LogP contribution in [0.3, 0.4) is 0 Å². The number of hydrogen-bond donors (Lipinski definition) is 2. The minimum atomic E-state index is -0.589. The van der Waals surface area contributed by atoms with E-state index in [4.69, 9.17) is 37.4 Å². The van der Waals surface area contributed by atoms with E-state index in [9.17, 15) is 5.11 Å². The van der Waals surface area contributed by atoms with Gasteiger partial charge >= 0.3 is 0 Å². The smallest absolute Gasteiger partial charge is 0.231 e. The molecule has 2 aromatic carbocycles. The van der Waals surface area contributed by atoms with Gasteiger partial charge in [0.25, 0.3) is 0 Å². The van der Waals surface area contributed by atoms with Crippen molar-refractivity contribution in [1.29, 1.82) is 0 Å². The zero-order valence-corrected chi connectivity index (χ0v) is 14.4. The first kappa shape index (κ1) is 17.2. The summed E-state index contributed by atoms with van der Waals surface area (Å²) in [7, 11) is 0. The Bertz CT molecular complexity index is 711. The maximum atomic E-state index is 10.0. The maximum absolute atomic E-state index is 10.0. The lowest BCUT2D eigenvalue weighted by atomic mass is 10.2. The molecule has 3 rings (SSSR count). The summed E-state index contributed by atoms with van der Waals surface area (Å²) in [5.41, 5.74) is 1.11. The highest BCUT2D eigenvalue weighted by Crippen LogP contribution is 2.32. The van der Waals surface area contributed by atoms with E-state index in [-0.39, 0.29) is 13.4 Å². The Morgan fingerprint density at radius 3 is 2.75 bits per heavy atom. The van der Waals surface area contributed by atoms with Gasteiger partial charge in [-0.1, -0.05) is 23.2 Å². The van der Waals surface area contributed by atoms with Crippen LogP contribution < -0.4 is 19.5 Å². The molecule has 0 radical (unpaired) electrons. The second kappa shape index (κ2) is 7.94. The second-order valence-electron chi connectivity index (χ2n) is 5.46. The van der Waals surface area contributed by atoms with E-state index >= 15 is 0 Å². The quantitative estimate of drug-likeness (QED) is 0.784. The van der Waals surface area contributed by atoms with Crippen LogP contribution >= 0.6 is 23.2 Å². The fourth-order valence-electron chi connectivity index (χ4n) is 2.34. The van der Waals surface area contributed by atoms with E-state index in [1.807, 2.05) is 23.5 Å². The highest BCUT2D eigenvalue weighted by atomic mass is 35.5.